The number of anilines is 1. The van der Waals surface area contributed by atoms with Crippen LogP contribution in [0, 0.1) is 18.3 Å². The third-order valence-electron chi connectivity index (χ3n) is 2.54. The van der Waals surface area contributed by atoms with Crippen molar-refractivity contribution in [1.82, 2.24) is 9.78 Å². The molecule has 0 N–H and O–H groups in total. The van der Waals surface area contributed by atoms with Crippen molar-refractivity contribution in [2.24, 2.45) is 7.05 Å². The number of hydrogen-bond acceptors (Lipinski definition) is 3. The molecule has 0 aliphatic carbocycles. The average Bonchev–Trinajstić information content (AvgIpc) is 2.42. The lowest BCUT2D eigenvalue weighted by Crippen LogP contribution is -2.32. The second-order valence-corrected chi connectivity index (χ2v) is 3.90. The fraction of sp³-hybridized carbons (Fsp3) is 0.636. The van der Waals surface area contributed by atoms with Gasteiger partial charge >= 0.3 is 0 Å². The lowest BCUT2D eigenvalue weighted by molar-refractivity contribution is 0.649. The number of aryl methyl sites for hydroxylation is 2. The first-order chi connectivity index (χ1) is 7.02. The van der Waals surface area contributed by atoms with E-state index < -0.39 is 0 Å². The molecular weight excluding hydrogens is 188 g/mol. The van der Waals surface area contributed by atoms with E-state index in [-0.39, 0.29) is 0 Å². The molecule has 0 atom stereocenters. The van der Waals surface area contributed by atoms with Crippen molar-refractivity contribution in [3.05, 3.63) is 11.3 Å². The van der Waals surface area contributed by atoms with Crippen LogP contribution < -0.4 is 4.90 Å². The van der Waals surface area contributed by atoms with E-state index in [0.717, 1.165) is 18.1 Å². The van der Waals surface area contributed by atoms with E-state index in [2.05, 4.69) is 36.8 Å². The molecule has 0 aromatic carbocycles. The van der Waals surface area contributed by atoms with Gasteiger partial charge in [-0.3, -0.25) is 4.68 Å². The van der Waals surface area contributed by atoms with Crippen LogP contribution in [0.4, 0.5) is 5.82 Å². The predicted molar refractivity (Wildman–Crippen MR) is 60.8 cm³/mol. The molecule has 0 bridgehead atoms. The first-order valence-electron chi connectivity index (χ1n) is 5.23. The quantitative estimate of drug-likeness (QED) is 0.758. The Hall–Kier alpha value is -1.50. The third-order valence-corrected chi connectivity index (χ3v) is 2.54. The van der Waals surface area contributed by atoms with Gasteiger partial charge in [0, 0.05) is 19.6 Å². The second kappa shape index (κ2) is 4.35. The van der Waals surface area contributed by atoms with Crippen molar-refractivity contribution < 1.29 is 0 Å². The average molecular weight is 206 g/mol. The molecule has 15 heavy (non-hydrogen) atoms. The Labute approximate surface area is 91.1 Å². The van der Waals surface area contributed by atoms with E-state index in [0.29, 0.717) is 11.6 Å². The molecular formula is C11H18N4. The van der Waals surface area contributed by atoms with E-state index in [4.69, 9.17) is 5.26 Å². The molecule has 0 aliphatic heterocycles. The van der Waals surface area contributed by atoms with Gasteiger partial charge in [0.2, 0.25) is 0 Å². The van der Waals surface area contributed by atoms with E-state index in [9.17, 15) is 0 Å². The van der Waals surface area contributed by atoms with Crippen LogP contribution in [0.15, 0.2) is 0 Å². The maximum atomic E-state index is 9.11. The topological polar surface area (TPSA) is 44.9 Å². The van der Waals surface area contributed by atoms with Crippen LogP contribution in [0.5, 0.6) is 0 Å². The third kappa shape index (κ3) is 1.96. The Morgan fingerprint density at radius 1 is 1.53 bits per heavy atom. The highest BCUT2D eigenvalue weighted by molar-refractivity contribution is 5.57. The van der Waals surface area contributed by atoms with Gasteiger partial charge in [-0.15, -0.1) is 0 Å². The largest absolute Gasteiger partial charge is 0.354 e. The van der Waals surface area contributed by atoms with Gasteiger partial charge in [-0.1, -0.05) is 0 Å². The van der Waals surface area contributed by atoms with Gasteiger partial charge in [0.1, 0.15) is 17.5 Å². The summed E-state index contributed by atoms with van der Waals surface area (Å²) < 4.78 is 1.79. The van der Waals surface area contributed by atoms with E-state index in [1.54, 1.807) is 4.68 Å². The monoisotopic (exact) mass is 206 g/mol. The lowest BCUT2D eigenvalue weighted by atomic mass is 10.2. The summed E-state index contributed by atoms with van der Waals surface area (Å²) in [5.41, 5.74) is 1.49. The van der Waals surface area contributed by atoms with Gasteiger partial charge in [-0.05, 0) is 27.7 Å². The number of aromatic nitrogens is 2. The molecule has 1 rings (SSSR count). The SMILES string of the molecule is CCN(c1c(C#N)c(C)nn1C)C(C)C. The van der Waals surface area contributed by atoms with Gasteiger partial charge in [0.25, 0.3) is 0 Å². The van der Waals surface area contributed by atoms with Crippen molar-refractivity contribution in [2.75, 3.05) is 11.4 Å². The zero-order valence-corrected chi connectivity index (χ0v) is 10.1. The van der Waals surface area contributed by atoms with Gasteiger partial charge in [0.15, 0.2) is 0 Å². The number of rotatable bonds is 3. The molecule has 0 fully saturated rings. The van der Waals surface area contributed by atoms with E-state index in [1.807, 2.05) is 14.0 Å². The normalized spacial score (nSPS) is 10.5. The van der Waals surface area contributed by atoms with Crippen molar-refractivity contribution in [3.63, 3.8) is 0 Å². The highest BCUT2D eigenvalue weighted by atomic mass is 15.4. The highest BCUT2D eigenvalue weighted by Crippen LogP contribution is 2.23. The number of hydrogen-bond donors (Lipinski definition) is 0. The Morgan fingerprint density at radius 3 is 2.53 bits per heavy atom. The summed E-state index contributed by atoms with van der Waals surface area (Å²) in [6, 6.07) is 2.60. The van der Waals surface area contributed by atoms with Gasteiger partial charge in [0.05, 0.1) is 5.69 Å². The zero-order chi connectivity index (χ0) is 11.6. The minimum absolute atomic E-state index is 0.372. The Morgan fingerprint density at radius 2 is 2.13 bits per heavy atom. The van der Waals surface area contributed by atoms with Crippen LogP contribution in [0.1, 0.15) is 32.0 Å². The molecule has 0 spiro atoms. The predicted octanol–water partition coefficient (Wildman–Crippen LogP) is 1.83. The summed E-state index contributed by atoms with van der Waals surface area (Å²) in [4.78, 5) is 2.18. The molecule has 0 saturated heterocycles. The lowest BCUT2D eigenvalue weighted by Gasteiger charge is -2.27. The molecule has 1 aromatic heterocycles. The first kappa shape index (κ1) is 11.6. The second-order valence-electron chi connectivity index (χ2n) is 3.90. The fourth-order valence-corrected chi connectivity index (χ4v) is 1.87. The van der Waals surface area contributed by atoms with Crippen LogP contribution in [-0.2, 0) is 7.05 Å². The zero-order valence-electron chi connectivity index (χ0n) is 10.1. The first-order valence-corrected chi connectivity index (χ1v) is 5.23. The molecule has 1 heterocycles. The smallest absolute Gasteiger partial charge is 0.145 e. The van der Waals surface area contributed by atoms with Gasteiger partial charge in [-0.2, -0.15) is 10.4 Å². The van der Waals surface area contributed by atoms with Crippen LogP contribution in [-0.4, -0.2) is 22.4 Å². The van der Waals surface area contributed by atoms with Crippen molar-refractivity contribution in [3.8, 4) is 6.07 Å². The maximum Gasteiger partial charge on any atom is 0.145 e. The van der Waals surface area contributed by atoms with Crippen molar-refractivity contribution in [2.45, 2.75) is 33.7 Å². The number of nitrogens with zero attached hydrogens (tertiary/aromatic N) is 4. The molecule has 82 valence electrons. The minimum Gasteiger partial charge on any atom is -0.354 e. The fourth-order valence-electron chi connectivity index (χ4n) is 1.87. The van der Waals surface area contributed by atoms with Crippen LogP contribution in [0.2, 0.25) is 0 Å². The Bertz CT molecular complexity index is 384. The summed E-state index contributed by atoms with van der Waals surface area (Å²) in [7, 11) is 1.88. The molecule has 4 heteroatoms. The summed E-state index contributed by atoms with van der Waals surface area (Å²) in [6.07, 6.45) is 0. The molecule has 0 amide bonds. The molecule has 0 saturated carbocycles. The summed E-state index contributed by atoms with van der Waals surface area (Å²) >= 11 is 0. The van der Waals surface area contributed by atoms with E-state index >= 15 is 0 Å². The summed E-state index contributed by atoms with van der Waals surface area (Å²) in [6.45, 7) is 9.07. The molecule has 0 aliphatic rings. The number of nitriles is 1. The molecule has 0 radical (unpaired) electrons. The summed E-state index contributed by atoms with van der Waals surface area (Å²) in [5, 5.41) is 13.4. The van der Waals surface area contributed by atoms with Gasteiger partial charge in [-0.25, -0.2) is 0 Å². The van der Waals surface area contributed by atoms with E-state index in [1.165, 1.54) is 0 Å². The molecule has 4 nitrogen and oxygen atoms in total. The summed E-state index contributed by atoms with van der Waals surface area (Å²) in [5.74, 6) is 0.924. The maximum absolute atomic E-state index is 9.11. The molecule has 1 aromatic rings. The van der Waals surface area contributed by atoms with Crippen molar-refractivity contribution in [1.29, 1.82) is 5.26 Å². The highest BCUT2D eigenvalue weighted by Gasteiger charge is 2.19. The van der Waals surface area contributed by atoms with Crippen LogP contribution >= 0.6 is 0 Å². The Balaban J connectivity index is 3.29. The minimum atomic E-state index is 0.372. The van der Waals surface area contributed by atoms with Gasteiger partial charge < -0.3 is 4.90 Å². The van der Waals surface area contributed by atoms with Crippen molar-refractivity contribution >= 4 is 5.82 Å². The standard InChI is InChI=1S/C11H18N4/c1-6-15(8(2)3)11-10(7-12)9(4)13-14(11)5/h8H,6H2,1-5H3. The molecule has 0 unspecified atom stereocenters. The van der Waals surface area contributed by atoms with Crippen LogP contribution in [0.3, 0.4) is 0 Å². The van der Waals surface area contributed by atoms with Crippen LogP contribution in [0.25, 0.3) is 0 Å². The Kier molecular flexibility index (Phi) is 3.35.